The molecule has 1 fully saturated rings. The Morgan fingerprint density at radius 3 is 2.44 bits per heavy atom. The summed E-state index contributed by atoms with van der Waals surface area (Å²) < 4.78 is 0. The molecular formula is C13H17ClN2O2. The minimum atomic E-state index is -0.461. The molecule has 4 nitrogen and oxygen atoms in total. The number of hydrogen-bond acceptors (Lipinski definition) is 3. The lowest BCUT2D eigenvalue weighted by Gasteiger charge is -2.17. The number of benzene rings is 1. The second-order valence-corrected chi connectivity index (χ2v) is 5.16. The van der Waals surface area contributed by atoms with Gasteiger partial charge >= 0.3 is 0 Å². The van der Waals surface area contributed by atoms with Crippen LogP contribution in [0.25, 0.3) is 0 Å². The number of nitro benzene ring substituents is 1. The third kappa shape index (κ3) is 3.35. The van der Waals surface area contributed by atoms with Crippen LogP contribution in [-0.2, 0) is 0 Å². The Morgan fingerprint density at radius 2 is 1.89 bits per heavy atom. The summed E-state index contributed by atoms with van der Waals surface area (Å²) in [5, 5.41) is 14.3. The van der Waals surface area contributed by atoms with Gasteiger partial charge in [-0.2, -0.15) is 0 Å². The Morgan fingerprint density at radius 1 is 1.22 bits per heavy atom. The van der Waals surface area contributed by atoms with Crippen molar-refractivity contribution in [1.82, 2.24) is 0 Å². The first-order valence-corrected chi connectivity index (χ1v) is 6.75. The number of halogens is 1. The lowest BCUT2D eigenvalue weighted by Crippen LogP contribution is -2.18. The van der Waals surface area contributed by atoms with E-state index in [-0.39, 0.29) is 10.7 Å². The van der Waals surface area contributed by atoms with Gasteiger partial charge in [0.25, 0.3) is 5.69 Å². The third-order valence-electron chi connectivity index (χ3n) is 3.37. The molecule has 0 saturated heterocycles. The van der Waals surface area contributed by atoms with E-state index in [0.29, 0.717) is 6.04 Å². The van der Waals surface area contributed by atoms with E-state index in [1.807, 2.05) is 0 Å². The first-order chi connectivity index (χ1) is 8.66. The smallest absolute Gasteiger partial charge is 0.288 e. The van der Waals surface area contributed by atoms with E-state index in [1.54, 1.807) is 12.1 Å². The van der Waals surface area contributed by atoms with E-state index < -0.39 is 4.92 Å². The molecule has 0 amide bonds. The van der Waals surface area contributed by atoms with Crippen LogP contribution in [0.4, 0.5) is 11.4 Å². The molecular weight excluding hydrogens is 252 g/mol. The second kappa shape index (κ2) is 6.05. The molecule has 0 unspecified atom stereocenters. The Kier molecular flexibility index (Phi) is 4.42. The van der Waals surface area contributed by atoms with Crippen LogP contribution in [-0.4, -0.2) is 11.0 Å². The SMILES string of the molecule is O=[N+]([O-])c1ccc(NC2CCCCCC2)cc1Cl. The molecule has 0 aromatic heterocycles. The van der Waals surface area contributed by atoms with Gasteiger partial charge in [0.1, 0.15) is 5.02 Å². The van der Waals surface area contributed by atoms with E-state index in [1.165, 1.54) is 31.7 Å². The van der Waals surface area contributed by atoms with Gasteiger partial charge < -0.3 is 5.32 Å². The van der Waals surface area contributed by atoms with Crippen LogP contribution in [0.5, 0.6) is 0 Å². The summed E-state index contributed by atoms with van der Waals surface area (Å²) in [4.78, 5) is 10.2. The van der Waals surface area contributed by atoms with Gasteiger partial charge in [-0.1, -0.05) is 37.3 Å². The van der Waals surface area contributed by atoms with Crippen LogP contribution >= 0.6 is 11.6 Å². The first kappa shape index (κ1) is 13.1. The van der Waals surface area contributed by atoms with E-state index in [4.69, 9.17) is 11.6 Å². The van der Waals surface area contributed by atoms with Crippen molar-refractivity contribution in [3.63, 3.8) is 0 Å². The largest absolute Gasteiger partial charge is 0.382 e. The molecule has 1 aromatic carbocycles. The molecule has 0 radical (unpaired) electrons. The van der Waals surface area contributed by atoms with Crippen LogP contribution in [0.3, 0.4) is 0 Å². The Hall–Kier alpha value is -1.29. The van der Waals surface area contributed by atoms with Gasteiger partial charge in [-0.25, -0.2) is 0 Å². The van der Waals surface area contributed by atoms with Crippen molar-refractivity contribution < 1.29 is 4.92 Å². The monoisotopic (exact) mass is 268 g/mol. The Bertz CT molecular complexity index is 429. The van der Waals surface area contributed by atoms with Gasteiger partial charge in [-0.3, -0.25) is 10.1 Å². The van der Waals surface area contributed by atoms with E-state index in [2.05, 4.69) is 5.32 Å². The molecule has 0 atom stereocenters. The van der Waals surface area contributed by atoms with Gasteiger partial charge in [-0.05, 0) is 25.0 Å². The van der Waals surface area contributed by atoms with Crippen LogP contribution in [0.15, 0.2) is 18.2 Å². The highest BCUT2D eigenvalue weighted by molar-refractivity contribution is 6.32. The number of rotatable bonds is 3. The fourth-order valence-corrected chi connectivity index (χ4v) is 2.65. The molecule has 5 heteroatoms. The van der Waals surface area contributed by atoms with E-state index >= 15 is 0 Å². The molecule has 0 aliphatic heterocycles. The van der Waals surface area contributed by atoms with E-state index in [9.17, 15) is 10.1 Å². The molecule has 1 N–H and O–H groups in total. The highest BCUT2D eigenvalue weighted by Gasteiger charge is 2.15. The van der Waals surface area contributed by atoms with Crippen molar-refractivity contribution in [3.05, 3.63) is 33.3 Å². The lowest BCUT2D eigenvalue weighted by atomic mass is 10.1. The summed E-state index contributed by atoms with van der Waals surface area (Å²) in [7, 11) is 0. The molecule has 1 aromatic rings. The number of hydrogen-bond donors (Lipinski definition) is 1. The number of nitro groups is 1. The maximum Gasteiger partial charge on any atom is 0.288 e. The fourth-order valence-electron chi connectivity index (χ4n) is 2.40. The van der Waals surface area contributed by atoms with Crippen molar-refractivity contribution in [3.8, 4) is 0 Å². The first-order valence-electron chi connectivity index (χ1n) is 6.37. The highest BCUT2D eigenvalue weighted by atomic mass is 35.5. The zero-order chi connectivity index (χ0) is 13.0. The molecule has 0 heterocycles. The topological polar surface area (TPSA) is 55.2 Å². The molecule has 1 saturated carbocycles. The van der Waals surface area contributed by atoms with E-state index in [0.717, 1.165) is 18.5 Å². The maximum atomic E-state index is 10.7. The van der Waals surface area contributed by atoms with Crippen LogP contribution in [0.2, 0.25) is 5.02 Å². The van der Waals surface area contributed by atoms with Crippen LogP contribution in [0, 0.1) is 10.1 Å². The summed E-state index contributed by atoms with van der Waals surface area (Å²) >= 11 is 5.89. The van der Waals surface area contributed by atoms with Crippen molar-refractivity contribution in [2.24, 2.45) is 0 Å². The molecule has 0 bridgehead atoms. The summed E-state index contributed by atoms with van der Waals surface area (Å²) in [5.74, 6) is 0. The zero-order valence-corrected chi connectivity index (χ0v) is 10.9. The van der Waals surface area contributed by atoms with Gasteiger partial charge in [0.05, 0.1) is 4.92 Å². The molecule has 1 aliphatic carbocycles. The fraction of sp³-hybridized carbons (Fsp3) is 0.538. The third-order valence-corrected chi connectivity index (χ3v) is 3.67. The average molecular weight is 269 g/mol. The van der Waals surface area contributed by atoms with Gasteiger partial charge in [0.15, 0.2) is 0 Å². The van der Waals surface area contributed by atoms with Crippen LogP contribution in [0.1, 0.15) is 38.5 Å². The minimum Gasteiger partial charge on any atom is -0.382 e. The molecule has 18 heavy (non-hydrogen) atoms. The zero-order valence-electron chi connectivity index (χ0n) is 10.2. The molecule has 1 aliphatic rings. The maximum absolute atomic E-state index is 10.7. The summed E-state index contributed by atoms with van der Waals surface area (Å²) in [6.45, 7) is 0. The standard InChI is InChI=1S/C13H17ClN2O2/c14-12-9-11(7-8-13(12)16(17)18)15-10-5-3-1-2-4-6-10/h7-10,15H,1-6H2. The highest BCUT2D eigenvalue weighted by Crippen LogP contribution is 2.28. The molecule has 2 rings (SSSR count). The predicted molar refractivity (Wildman–Crippen MR) is 73.2 cm³/mol. The number of nitrogens with zero attached hydrogens (tertiary/aromatic N) is 1. The number of anilines is 1. The van der Waals surface area contributed by atoms with Crippen LogP contribution < -0.4 is 5.32 Å². The summed E-state index contributed by atoms with van der Waals surface area (Å²) in [5.41, 5.74) is 0.834. The van der Waals surface area contributed by atoms with Crippen molar-refractivity contribution in [2.45, 2.75) is 44.6 Å². The normalized spacial score (nSPS) is 17.2. The summed E-state index contributed by atoms with van der Waals surface area (Å²) in [6, 6.07) is 5.30. The van der Waals surface area contributed by atoms with Crippen molar-refractivity contribution >= 4 is 23.0 Å². The average Bonchev–Trinajstić information content (AvgIpc) is 2.57. The molecule has 0 spiro atoms. The van der Waals surface area contributed by atoms with Gasteiger partial charge in [0.2, 0.25) is 0 Å². The summed E-state index contributed by atoms with van der Waals surface area (Å²) in [6.07, 6.45) is 7.43. The van der Waals surface area contributed by atoms with Gasteiger partial charge in [0, 0.05) is 17.8 Å². The predicted octanol–water partition coefficient (Wildman–Crippen LogP) is 4.38. The van der Waals surface area contributed by atoms with Crippen molar-refractivity contribution in [2.75, 3.05) is 5.32 Å². The molecule has 98 valence electrons. The second-order valence-electron chi connectivity index (χ2n) is 4.76. The lowest BCUT2D eigenvalue weighted by molar-refractivity contribution is -0.384. The van der Waals surface area contributed by atoms with Gasteiger partial charge in [-0.15, -0.1) is 0 Å². The number of nitrogens with one attached hydrogen (secondary N) is 1. The van der Waals surface area contributed by atoms with Crippen molar-refractivity contribution in [1.29, 1.82) is 0 Å². The quantitative estimate of drug-likeness (QED) is 0.503. The Balaban J connectivity index is 2.05. The minimum absolute atomic E-state index is 0.0388. The Labute approximate surface area is 111 Å².